The van der Waals surface area contributed by atoms with Crippen molar-refractivity contribution in [1.29, 1.82) is 0 Å². The molecule has 15 heteroatoms. The number of nitrogens with two attached hydrogens (primary N) is 3. The fourth-order valence-electron chi connectivity index (χ4n) is 6.65. The highest BCUT2D eigenvalue weighted by atomic mass is 16.7. The highest BCUT2D eigenvalue weighted by Gasteiger charge is 2.59. The maximum atomic E-state index is 13.0. The molecular weight excluding hydrogens is 538 g/mol. The third kappa shape index (κ3) is 6.01. The van der Waals surface area contributed by atoms with Gasteiger partial charge in [-0.05, 0) is 32.9 Å². The monoisotopic (exact) mass is 585 g/mol. The second kappa shape index (κ2) is 11.9. The number of ether oxygens (including phenoxy) is 3. The van der Waals surface area contributed by atoms with Crippen molar-refractivity contribution in [3.8, 4) is 0 Å². The van der Waals surface area contributed by atoms with Crippen LogP contribution < -0.4 is 38.5 Å². The molecule has 41 heavy (non-hydrogen) atoms. The van der Waals surface area contributed by atoms with Crippen LogP contribution in [0.15, 0.2) is 11.8 Å². The molecule has 234 valence electrons. The van der Waals surface area contributed by atoms with Crippen molar-refractivity contribution in [3.05, 3.63) is 11.8 Å². The largest absolute Gasteiger partial charge is 0.492 e. The Bertz CT molecular complexity index is 985. The van der Waals surface area contributed by atoms with Gasteiger partial charge in [0, 0.05) is 49.6 Å². The van der Waals surface area contributed by atoms with Gasteiger partial charge >= 0.3 is 0 Å². The van der Waals surface area contributed by atoms with Crippen LogP contribution in [0.4, 0.5) is 0 Å². The molecule has 2 aliphatic carbocycles. The lowest BCUT2D eigenvalue weighted by atomic mass is 9.72. The number of hydrogen-bond donors (Lipinski definition) is 11. The number of aliphatic hydroxyl groups excluding tert-OH is 2. The molecule has 3 aliphatic heterocycles. The Morgan fingerprint density at radius 3 is 2.51 bits per heavy atom. The van der Waals surface area contributed by atoms with Crippen LogP contribution in [-0.2, 0) is 19.0 Å². The molecule has 15 nitrogen and oxygen atoms in total. The summed E-state index contributed by atoms with van der Waals surface area (Å²) in [5, 5.41) is 56.7. The molecule has 0 spiro atoms. The second-order valence-electron chi connectivity index (χ2n) is 12.5. The van der Waals surface area contributed by atoms with E-state index in [-0.39, 0.29) is 38.1 Å². The molecule has 4 fully saturated rings. The standard InChI is InChI=1S/C26H47N7O8/c1-25(37)10-39-23(19(35)22(25)30-2)41-21-15(33-24(36)26(38)6-16(26)29)5-13(28)17(18(21)34)20-14(32-11-8-31-9-11)4-3-12(7-27)40-20/h3,11,13-23,30-32,34-35,37-38H,4-10,27-29H2,1-2H3,(H,33,36)/t13-,14+,15+,16?,17?,18-,19+,20-,21-,22+,23+,25-,26?/m0/s1. The van der Waals surface area contributed by atoms with E-state index in [1.807, 2.05) is 6.08 Å². The van der Waals surface area contributed by atoms with Gasteiger partial charge in [-0.3, -0.25) is 4.79 Å². The minimum Gasteiger partial charge on any atom is -0.492 e. The Morgan fingerprint density at radius 2 is 1.93 bits per heavy atom. The molecule has 2 saturated heterocycles. The quantitative estimate of drug-likeness (QED) is 0.121. The van der Waals surface area contributed by atoms with Crippen molar-refractivity contribution in [2.75, 3.05) is 33.3 Å². The van der Waals surface area contributed by atoms with Crippen LogP contribution in [0, 0.1) is 5.92 Å². The summed E-state index contributed by atoms with van der Waals surface area (Å²) in [5.41, 5.74) is 15.3. The third-order valence-corrected chi connectivity index (χ3v) is 9.37. The lowest BCUT2D eigenvalue weighted by Crippen LogP contribution is -2.70. The Kier molecular flexibility index (Phi) is 8.99. The predicted molar refractivity (Wildman–Crippen MR) is 146 cm³/mol. The van der Waals surface area contributed by atoms with Gasteiger partial charge in [0.1, 0.15) is 29.7 Å². The first-order chi connectivity index (χ1) is 19.4. The van der Waals surface area contributed by atoms with Gasteiger partial charge in [-0.15, -0.1) is 0 Å². The summed E-state index contributed by atoms with van der Waals surface area (Å²) in [6.07, 6.45) is -2.62. The normalized spacial score (nSPS) is 48.5. The predicted octanol–water partition coefficient (Wildman–Crippen LogP) is -5.36. The van der Waals surface area contributed by atoms with Gasteiger partial charge in [0.2, 0.25) is 0 Å². The van der Waals surface area contributed by atoms with Crippen molar-refractivity contribution in [2.45, 2.75) is 104 Å². The van der Waals surface area contributed by atoms with Gasteiger partial charge < -0.3 is 73.1 Å². The van der Waals surface area contributed by atoms with Gasteiger partial charge in [0.25, 0.3) is 5.91 Å². The molecule has 0 aromatic heterocycles. The zero-order chi connectivity index (χ0) is 29.7. The Hall–Kier alpha value is -1.47. The first-order valence-electron chi connectivity index (χ1n) is 14.5. The number of carbonyl (C=O) groups is 1. The van der Waals surface area contributed by atoms with Crippen molar-refractivity contribution in [2.24, 2.45) is 23.1 Å². The zero-order valence-corrected chi connectivity index (χ0v) is 23.6. The van der Waals surface area contributed by atoms with Gasteiger partial charge in [-0.25, -0.2) is 0 Å². The van der Waals surface area contributed by atoms with Crippen molar-refractivity contribution in [3.63, 3.8) is 0 Å². The van der Waals surface area contributed by atoms with E-state index in [9.17, 15) is 25.2 Å². The van der Waals surface area contributed by atoms with Crippen LogP contribution >= 0.6 is 0 Å². The fourth-order valence-corrected chi connectivity index (χ4v) is 6.65. The number of nitrogens with one attached hydrogen (secondary N) is 4. The molecule has 1 amide bonds. The topological polar surface area (TPSA) is 252 Å². The van der Waals surface area contributed by atoms with Crippen LogP contribution in [0.2, 0.25) is 0 Å². The van der Waals surface area contributed by atoms with Gasteiger partial charge in [0.15, 0.2) is 11.9 Å². The van der Waals surface area contributed by atoms with E-state index in [0.717, 1.165) is 13.1 Å². The van der Waals surface area contributed by atoms with Gasteiger partial charge in [0.05, 0.1) is 31.3 Å². The Balaban J connectivity index is 1.40. The number of carbonyl (C=O) groups excluding carboxylic acids is 1. The summed E-state index contributed by atoms with van der Waals surface area (Å²) in [4.78, 5) is 13.0. The average molecular weight is 586 g/mol. The molecule has 5 rings (SSSR count). The molecule has 0 radical (unpaired) electrons. The van der Waals surface area contributed by atoms with E-state index in [0.29, 0.717) is 12.2 Å². The summed E-state index contributed by atoms with van der Waals surface area (Å²) in [7, 11) is 1.60. The maximum Gasteiger partial charge on any atom is 0.253 e. The van der Waals surface area contributed by atoms with Gasteiger partial charge in [-0.1, -0.05) is 0 Å². The Labute approximate surface area is 239 Å². The van der Waals surface area contributed by atoms with E-state index < -0.39 is 77.9 Å². The number of rotatable bonds is 9. The van der Waals surface area contributed by atoms with Crippen LogP contribution in [0.1, 0.15) is 26.2 Å². The second-order valence-corrected chi connectivity index (χ2v) is 12.5. The molecule has 14 N–H and O–H groups in total. The van der Waals surface area contributed by atoms with E-state index in [2.05, 4.69) is 21.3 Å². The van der Waals surface area contributed by atoms with Gasteiger partial charge in [-0.2, -0.15) is 0 Å². The van der Waals surface area contributed by atoms with E-state index in [1.54, 1.807) is 7.05 Å². The minimum absolute atomic E-state index is 0.116. The lowest BCUT2D eigenvalue weighted by molar-refractivity contribution is -0.297. The zero-order valence-electron chi connectivity index (χ0n) is 23.6. The van der Waals surface area contributed by atoms with Crippen molar-refractivity contribution < 1.29 is 39.4 Å². The summed E-state index contributed by atoms with van der Waals surface area (Å²) in [6, 6.07) is -2.88. The maximum absolute atomic E-state index is 13.0. The molecule has 0 bridgehead atoms. The average Bonchev–Trinajstić information content (AvgIpc) is 3.52. The van der Waals surface area contributed by atoms with E-state index >= 15 is 0 Å². The highest BCUT2D eigenvalue weighted by Crippen LogP contribution is 2.39. The lowest BCUT2D eigenvalue weighted by Gasteiger charge is -2.51. The van der Waals surface area contributed by atoms with Crippen molar-refractivity contribution >= 4 is 5.91 Å². The van der Waals surface area contributed by atoms with Crippen LogP contribution in [0.5, 0.6) is 0 Å². The SMILES string of the molecule is CN[C@@H]1[C@@H](O)[C@@H](O[C@H]2[C@H](NC(=O)C3(O)CC3N)C[C@H](N)C([C@H]3OC(CN)=CC[C@H]3NC3CNC3)[C@@H]2O)OC[C@]1(C)O. The number of amides is 1. The molecule has 2 saturated carbocycles. The molecule has 3 unspecified atom stereocenters. The summed E-state index contributed by atoms with van der Waals surface area (Å²) in [6.45, 7) is 3.21. The number of hydrogen-bond acceptors (Lipinski definition) is 14. The highest BCUT2D eigenvalue weighted by molar-refractivity contribution is 5.89. The molecule has 5 aliphatic rings. The molecule has 3 heterocycles. The summed E-state index contributed by atoms with van der Waals surface area (Å²) < 4.78 is 18.3. The van der Waals surface area contributed by atoms with E-state index in [1.165, 1.54) is 6.92 Å². The van der Waals surface area contributed by atoms with Crippen molar-refractivity contribution in [1.82, 2.24) is 21.3 Å². The van der Waals surface area contributed by atoms with E-state index in [4.69, 9.17) is 31.4 Å². The van der Waals surface area contributed by atoms with Crippen LogP contribution in [-0.4, -0.2) is 138 Å². The first-order valence-corrected chi connectivity index (χ1v) is 14.5. The summed E-state index contributed by atoms with van der Waals surface area (Å²) in [5.74, 6) is -0.729. The molecule has 0 aromatic carbocycles. The smallest absolute Gasteiger partial charge is 0.253 e. The number of aliphatic hydroxyl groups is 4. The molecule has 0 aromatic rings. The number of likely N-dealkylation sites (N-methyl/N-ethyl adjacent to an activating group) is 1. The molecular formula is C26H47N7O8. The Morgan fingerprint density at radius 1 is 1.22 bits per heavy atom. The summed E-state index contributed by atoms with van der Waals surface area (Å²) >= 11 is 0. The molecule has 13 atom stereocenters. The van der Waals surface area contributed by atoms with Crippen LogP contribution in [0.25, 0.3) is 0 Å². The minimum atomic E-state index is -1.70. The third-order valence-electron chi connectivity index (χ3n) is 9.37. The fraction of sp³-hybridized carbons (Fsp3) is 0.885. The first kappa shape index (κ1) is 31.0. The van der Waals surface area contributed by atoms with Crippen LogP contribution in [0.3, 0.4) is 0 Å².